The summed E-state index contributed by atoms with van der Waals surface area (Å²) < 4.78 is 27.0. The summed E-state index contributed by atoms with van der Waals surface area (Å²) >= 11 is 11.8. The number of sulfonamides is 1. The van der Waals surface area contributed by atoms with Gasteiger partial charge < -0.3 is 5.32 Å². The molecule has 0 atom stereocenters. The fourth-order valence-corrected chi connectivity index (χ4v) is 3.19. The second kappa shape index (κ2) is 5.87. The normalized spacial score (nSPS) is 11.2. The maximum absolute atomic E-state index is 12.3. The van der Waals surface area contributed by atoms with Crippen molar-refractivity contribution < 1.29 is 8.42 Å². The van der Waals surface area contributed by atoms with Crippen molar-refractivity contribution in [3.8, 4) is 0 Å². The minimum absolute atomic E-state index is 0.112. The number of pyridine rings is 1. The van der Waals surface area contributed by atoms with Gasteiger partial charge in [-0.3, -0.25) is 4.72 Å². The zero-order valence-electron chi connectivity index (χ0n) is 10.4. The van der Waals surface area contributed by atoms with Gasteiger partial charge in [0, 0.05) is 13.2 Å². The molecule has 5 nitrogen and oxygen atoms in total. The van der Waals surface area contributed by atoms with Crippen LogP contribution in [0.4, 0.5) is 11.4 Å². The molecule has 1 aromatic heterocycles. The molecule has 0 amide bonds. The summed E-state index contributed by atoms with van der Waals surface area (Å²) in [6.07, 6.45) is 1.40. The summed E-state index contributed by atoms with van der Waals surface area (Å²) in [5.74, 6) is 0. The summed E-state index contributed by atoms with van der Waals surface area (Å²) in [6, 6.07) is 7.94. The Hall–Kier alpha value is -1.50. The molecule has 0 saturated carbocycles. The van der Waals surface area contributed by atoms with E-state index in [4.69, 9.17) is 23.2 Å². The molecule has 2 rings (SSSR count). The third-order valence-electron chi connectivity index (χ3n) is 2.49. The molecule has 0 unspecified atom stereocenters. The molecule has 0 bridgehead atoms. The highest BCUT2D eigenvalue weighted by Gasteiger charge is 2.21. The van der Waals surface area contributed by atoms with E-state index in [1.54, 1.807) is 31.3 Å². The quantitative estimate of drug-likeness (QED) is 0.902. The van der Waals surface area contributed by atoms with Crippen molar-refractivity contribution >= 4 is 44.6 Å². The molecule has 0 spiro atoms. The Bertz CT molecular complexity index is 735. The van der Waals surface area contributed by atoms with Gasteiger partial charge in [0.2, 0.25) is 0 Å². The lowest BCUT2D eigenvalue weighted by atomic mass is 10.3. The summed E-state index contributed by atoms with van der Waals surface area (Å²) in [7, 11) is -2.25. The topological polar surface area (TPSA) is 71.1 Å². The second-order valence-electron chi connectivity index (χ2n) is 3.81. The molecule has 0 aliphatic rings. The first-order chi connectivity index (χ1) is 9.45. The van der Waals surface area contributed by atoms with Crippen LogP contribution in [-0.2, 0) is 10.0 Å². The number of nitrogens with one attached hydrogen (secondary N) is 2. The van der Waals surface area contributed by atoms with Crippen molar-refractivity contribution in [3.63, 3.8) is 0 Å². The van der Waals surface area contributed by atoms with E-state index in [1.807, 2.05) is 0 Å². The number of hydrogen-bond acceptors (Lipinski definition) is 4. The van der Waals surface area contributed by atoms with Crippen LogP contribution in [0.3, 0.4) is 0 Å². The Labute approximate surface area is 127 Å². The van der Waals surface area contributed by atoms with Crippen molar-refractivity contribution in [1.29, 1.82) is 0 Å². The predicted molar refractivity (Wildman–Crippen MR) is 81.1 cm³/mol. The Morgan fingerprint density at radius 1 is 1.10 bits per heavy atom. The summed E-state index contributed by atoms with van der Waals surface area (Å²) in [6.45, 7) is 0. The standard InChI is InChI=1S/C12H11Cl2N3O2S/c1-15-10-6-3-7-16-12(10)20(18,19)17-9-5-2-4-8(13)11(9)14/h2-7,15,17H,1H3. The summed E-state index contributed by atoms with van der Waals surface area (Å²) in [5, 5.41) is 3.06. The van der Waals surface area contributed by atoms with Gasteiger partial charge in [0.1, 0.15) is 0 Å². The monoisotopic (exact) mass is 331 g/mol. The third-order valence-corrected chi connectivity index (χ3v) is 4.63. The lowest BCUT2D eigenvalue weighted by Gasteiger charge is -2.12. The molecule has 2 aromatic rings. The van der Waals surface area contributed by atoms with Crippen LogP contribution >= 0.6 is 23.2 Å². The Morgan fingerprint density at radius 2 is 1.80 bits per heavy atom. The van der Waals surface area contributed by atoms with Crippen LogP contribution in [0.2, 0.25) is 10.0 Å². The molecule has 1 heterocycles. The molecule has 0 radical (unpaired) electrons. The minimum atomic E-state index is -3.86. The van der Waals surface area contributed by atoms with Gasteiger partial charge in [0.15, 0.2) is 5.03 Å². The molecule has 20 heavy (non-hydrogen) atoms. The van der Waals surface area contributed by atoms with Gasteiger partial charge in [-0.05, 0) is 24.3 Å². The fourth-order valence-electron chi connectivity index (χ4n) is 1.57. The van der Waals surface area contributed by atoms with Crippen molar-refractivity contribution in [2.45, 2.75) is 5.03 Å². The highest BCUT2D eigenvalue weighted by molar-refractivity contribution is 7.92. The van der Waals surface area contributed by atoms with Crippen molar-refractivity contribution in [1.82, 2.24) is 4.98 Å². The van der Waals surface area contributed by atoms with Gasteiger partial charge in [-0.15, -0.1) is 0 Å². The highest BCUT2D eigenvalue weighted by atomic mass is 35.5. The van der Waals surface area contributed by atoms with E-state index in [0.717, 1.165) is 0 Å². The van der Waals surface area contributed by atoms with Crippen LogP contribution < -0.4 is 10.0 Å². The first-order valence-electron chi connectivity index (χ1n) is 5.55. The maximum atomic E-state index is 12.3. The maximum Gasteiger partial charge on any atom is 0.281 e. The molecule has 0 saturated heterocycles. The highest BCUT2D eigenvalue weighted by Crippen LogP contribution is 2.31. The Morgan fingerprint density at radius 3 is 2.50 bits per heavy atom. The minimum Gasteiger partial charge on any atom is -0.386 e. The molecular weight excluding hydrogens is 321 g/mol. The molecule has 0 aliphatic carbocycles. The summed E-state index contributed by atoms with van der Waals surface area (Å²) in [4.78, 5) is 3.88. The van der Waals surface area contributed by atoms with E-state index < -0.39 is 10.0 Å². The second-order valence-corrected chi connectivity index (χ2v) is 6.20. The van der Waals surface area contributed by atoms with Gasteiger partial charge in [0.05, 0.1) is 21.4 Å². The van der Waals surface area contributed by atoms with E-state index >= 15 is 0 Å². The van der Waals surface area contributed by atoms with E-state index in [9.17, 15) is 8.42 Å². The number of benzene rings is 1. The number of nitrogens with zero attached hydrogens (tertiary/aromatic N) is 1. The smallest absolute Gasteiger partial charge is 0.281 e. The van der Waals surface area contributed by atoms with Crippen LogP contribution in [0, 0.1) is 0 Å². The Kier molecular flexibility index (Phi) is 4.37. The average molecular weight is 332 g/mol. The molecule has 106 valence electrons. The van der Waals surface area contributed by atoms with Crippen molar-refractivity contribution in [3.05, 3.63) is 46.6 Å². The third kappa shape index (κ3) is 2.98. The van der Waals surface area contributed by atoms with Crippen LogP contribution in [-0.4, -0.2) is 20.4 Å². The largest absolute Gasteiger partial charge is 0.386 e. The van der Waals surface area contributed by atoms with Crippen LogP contribution in [0.25, 0.3) is 0 Å². The predicted octanol–water partition coefficient (Wildman–Crippen LogP) is 3.23. The van der Waals surface area contributed by atoms with E-state index in [2.05, 4.69) is 15.0 Å². The van der Waals surface area contributed by atoms with Crippen LogP contribution in [0.5, 0.6) is 0 Å². The number of halogens is 2. The molecule has 8 heteroatoms. The fraction of sp³-hybridized carbons (Fsp3) is 0.0833. The SMILES string of the molecule is CNc1cccnc1S(=O)(=O)Nc1cccc(Cl)c1Cl. The van der Waals surface area contributed by atoms with E-state index in [0.29, 0.717) is 5.69 Å². The zero-order chi connectivity index (χ0) is 14.8. The molecule has 0 fully saturated rings. The lowest BCUT2D eigenvalue weighted by molar-refractivity contribution is 0.598. The molecule has 1 aromatic carbocycles. The number of hydrogen-bond donors (Lipinski definition) is 2. The first kappa shape index (κ1) is 14.9. The average Bonchev–Trinajstić information content (AvgIpc) is 2.43. The number of anilines is 2. The van der Waals surface area contributed by atoms with Crippen LogP contribution in [0.15, 0.2) is 41.6 Å². The van der Waals surface area contributed by atoms with Gasteiger partial charge in [-0.25, -0.2) is 4.98 Å². The number of aromatic nitrogens is 1. The summed E-state index contributed by atoms with van der Waals surface area (Å²) in [5.41, 5.74) is 0.588. The van der Waals surface area contributed by atoms with E-state index in [1.165, 1.54) is 12.3 Å². The zero-order valence-corrected chi connectivity index (χ0v) is 12.7. The van der Waals surface area contributed by atoms with Gasteiger partial charge >= 0.3 is 0 Å². The Balaban J connectivity index is 2.44. The molecule has 0 aliphatic heterocycles. The van der Waals surface area contributed by atoms with Crippen molar-refractivity contribution in [2.75, 3.05) is 17.1 Å². The van der Waals surface area contributed by atoms with E-state index in [-0.39, 0.29) is 20.8 Å². The molecular formula is C12H11Cl2N3O2S. The van der Waals surface area contributed by atoms with Gasteiger partial charge in [0.25, 0.3) is 10.0 Å². The van der Waals surface area contributed by atoms with Crippen molar-refractivity contribution in [2.24, 2.45) is 0 Å². The van der Waals surface area contributed by atoms with Crippen LogP contribution in [0.1, 0.15) is 0 Å². The van der Waals surface area contributed by atoms with Gasteiger partial charge in [-0.1, -0.05) is 29.3 Å². The lowest BCUT2D eigenvalue weighted by Crippen LogP contribution is -2.16. The van der Waals surface area contributed by atoms with Gasteiger partial charge in [-0.2, -0.15) is 8.42 Å². The molecule has 2 N–H and O–H groups in total. The number of rotatable bonds is 4. The first-order valence-corrected chi connectivity index (χ1v) is 7.79.